The normalized spacial score (nSPS) is 10.0. The van der Waals surface area contributed by atoms with Crippen LogP contribution < -0.4 is 16.4 Å². The third-order valence-corrected chi connectivity index (χ3v) is 2.01. The molecule has 1 heterocycles. The fourth-order valence-corrected chi connectivity index (χ4v) is 1.14. The van der Waals surface area contributed by atoms with Crippen LogP contribution in [0.4, 0.5) is 11.5 Å². The van der Waals surface area contributed by atoms with Crippen LogP contribution in [0.25, 0.3) is 0 Å². The van der Waals surface area contributed by atoms with E-state index in [0.29, 0.717) is 12.4 Å². The second-order valence-corrected chi connectivity index (χ2v) is 3.14. The molecule has 0 aromatic carbocycles. The van der Waals surface area contributed by atoms with Gasteiger partial charge in [-0.15, -0.1) is 0 Å². The van der Waals surface area contributed by atoms with Gasteiger partial charge in [-0.1, -0.05) is 0 Å². The Labute approximate surface area is 87.5 Å². The van der Waals surface area contributed by atoms with Gasteiger partial charge in [-0.3, -0.25) is 4.79 Å². The Morgan fingerprint density at radius 3 is 2.87 bits per heavy atom. The quantitative estimate of drug-likeness (QED) is 0.602. The smallest absolute Gasteiger partial charge is 0.250 e. The molecule has 6 nitrogen and oxygen atoms in total. The fourth-order valence-electron chi connectivity index (χ4n) is 1.14. The van der Waals surface area contributed by atoms with Crippen LogP contribution in [-0.2, 0) is 0 Å². The molecule has 0 bridgehead atoms. The molecule has 1 aromatic rings. The van der Waals surface area contributed by atoms with E-state index in [4.69, 9.17) is 16.6 Å². The average Bonchev–Trinajstić information content (AvgIpc) is 2.18. The van der Waals surface area contributed by atoms with Crippen LogP contribution in [-0.4, -0.2) is 36.2 Å². The predicted octanol–water partition coefficient (Wildman–Crippen LogP) is -0.809. The summed E-state index contributed by atoms with van der Waals surface area (Å²) < 4.78 is 0. The van der Waals surface area contributed by atoms with Crippen LogP contribution in [0.2, 0.25) is 0 Å². The molecule has 5 N–H and O–H groups in total. The van der Waals surface area contributed by atoms with E-state index >= 15 is 0 Å². The van der Waals surface area contributed by atoms with Gasteiger partial charge in [-0.25, -0.2) is 4.98 Å². The van der Waals surface area contributed by atoms with Gasteiger partial charge in [0.25, 0.3) is 5.91 Å². The second-order valence-electron chi connectivity index (χ2n) is 3.14. The molecule has 0 aliphatic carbocycles. The highest BCUT2D eigenvalue weighted by Crippen LogP contribution is 2.16. The lowest BCUT2D eigenvalue weighted by Crippen LogP contribution is -2.23. The Kier molecular flexibility index (Phi) is 3.46. The van der Waals surface area contributed by atoms with Crippen LogP contribution in [0.5, 0.6) is 0 Å². The van der Waals surface area contributed by atoms with Crippen molar-refractivity contribution in [1.29, 1.82) is 0 Å². The summed E-state index contributed by atoms with van der Waals surface area (Å²) in [7, 11) is 1.75. The van der Waals surface area contributed by atoms with Crippen molar-refractivity contribution in [3.8, 4) is 0 Å². The van der Waals surface area contributed by atoms with Crippen LogP contribution in [0.1, 0.15) is 10.4 Å². The Bertz CT molecular complexity index is 367. The molecule has 15 heavy (non-hydrogen) atoms. The molecular formula is C9H14N4O2. The molecule has 0 fully saturated rings. The summed E-state index contributed by atoms with van der Waals surface area (Å²) in [5, 5.41) is 8.75. The zero-order valence-electron chi connectivity index (χ0n) is 8.47. The summed E-state index contributed by atoms with van der Waals surface area (Å²) in [6.07, 6.45) is 1.38. The number of aliphatic hydroxyl groups is 1. The van der Waals surface area contributed by atoms with Gasteiger partial charge in [0.15, 0.2) is 0 Å². The second kappa shape index (κ2) is 4.61. The van der Waals surface area contributed by atoms with E-state index in [9.17, 15) is 4.79 Å². The molecule has 0 saturated carbocycles. The van der Waals surface area contributed by atoms with Crippen molar-refractivity contribution in [1.82, 2.24) is 4.98 Å². The number of hydrogen-bond donors (Lipinski definition) is 3. The van der Waals surface area contributed by atoms with E-state index in [1.807, 2.05) is 0 Å². The Morgan fingerprint density at radius 1 is 1.67 bits per heavy atom. The maximum atomic E-state index is 11.0. The SMILES string of the molecule is CN(CCO)c1cc(C(N)=O)c(N)cn1. The number of primary amides is 1. The molecule has 1 rings (SSSR count). The van der Waals surface area contributed by atoms with Gasteiger partial charge < -0.3 is 21.5 Å². The summed E-state index contributed by atoms with van der Waals surface area (Å²) in [6.45, 7) is 0.434. The van der Waals surface area contributed by atoms with Crippen molar-refractivity contribution in [2.45, 2.75) is 0 Å². The summed E-state index contributed by atoms with van der Waals surface area (Å²) >= 11 is 0. The average molecular weight is 210 g/mol. The number of anilines is 2. The van der Waals surface area contributed by atoms with Gasteiger partial charge in [0.2, 0.25) is 0 Å². The number of carbonyl (C=O) groups excluding carboxylic acids is 1. The first-order valence-electron chi connectivity index (χ1n) is 4.43. The number of amides is 1. The van der Waals surface area contributed by atoms with Gasteiger partial charge in [0.05, 0.1) is 24.1 Å². The van der Waals surface area contributed by atoms with Crippen LogP contribution in [0, 0.1) is 0 Å². The largest absolute Gasteiger partial charge is 0.397 e. The lowest BCUT2D eigenvalue weighted by atomic mass is 10.2. The third kappa shape index (κ3) is 2.57. The first-order chi connectivity index (χ1) is 7.06. The van der Waals surface area contributed by atoms with Crippen molar-refractivity contribution < 1.29 is 9.90 Å². The van der Waals surface area contributed by atoms with E-state index in [0.717, 1.165) is 0 Å². The molecule has 0 unspecified atom stereocenters. The van der Waals surface area contributed by atoms with Crippen molar-refractivity contribution in [3.63, 3.8) is 0 Å². The van der Waals surface area contributed by atoms with Crippen molar-refractivity contribution >= 4 is 17.4 Å². The fraction of sp³-hybridized carbons (Fsp3) is 0.333. The lowest BCUT2D eigenvalue weighted by molar-refractivity contribution is 0.100. The molecule has 82 valence electrons. The highest BCUT2D eigenvalue weighted by Gasteiger charge is 2.09. The molecule has 6 heteroatoms. The number of hydrogen-bond acceptors (Lipinski definition) is 5. The van der Waals surface area contributed by atoms with E-state index in [2.05, 4.69) is 4.98 Å². The van der Waals surface area contributed by atoms with E-state index in [-0.39, 0.29) is 17.9 Å². The highest BCUT2D eigenvalue weighted by molar-refractivity contribution is 5.98. The maximum Gasteiger partial charge on any atom is 0.250 e. The molecule has 0 atom stereocenters. The Morgan fingerprint density at radius 2 is 2.33 bits per heavy atom. The Balaban J connectivity index is 3.02. The van der Waals surface area contributed by atoms with E-state index in [1.54, 1.807) is 11.9 Å². The van der Waals surface area contributed by atoms with Crippen LogP contribution in [0.15, 0.2) is 12.3 Å². The summed E-state index contributed by atoms with van der Waals surface area (Å²) in [6, 6.07) is 1.51. The first-order valence-corrected chi connectivity index (χ1v) is 4.43. The van der Waals surface area contributed by atoms with Gasteiger partial charge >= 0.3 is 0 Å². The van der Waals surface area contributed by atoms with Crippen molar-refractivity contribution in [2.75, 3.05) is 30.8 Å². The number of aromatic nitrogens is 1. The molecule has 1 amide bonds. The Hall–Kier alpha value is -1.82. The van der Waals surface area contributed by atoms with Crippen LogP contribution >= 0.6 is 0 Å². The number of pyridine rings is 1. The minimum absolute atomic E-state index is 0.00839. The molecule has 0 aliphatic rings. The number of likely N-dealkylation sites (N-methyl/N-ethyl adjacent to an activating group) is 1. The zero-order valence-corrected chi connectivity index (χ0v) is 8.47. The van der Waals surface area contributed by atoms with Gasteiger partial charge in [0, 0.05) is 13.6 Å². The summed E-state index contributed by atoms with van der Waals surface area (Å²) in [5.41, 5.74) is 11.2. The highest BCUT2D eigenvalue weighted by atomic mass is 16.3. The number of aliphatic hydroxyl groups excluding tert-OH is 1. The molecule has 0 radical (unpaired) electrons. The van der Waals surface area contributed by atoms with Gasteiger partial charge in [0.1, 0.15) is 5.82 Å². The maximum absolute atomic E-state index is 11.0. The molecule has 0 spiro atoms. The first kappa shape index (κ1) is 11.3. The predicted molar refractivity (Wildman–Crippen MR) is 57.5 cm³/mol. The minimum Gasteiger partial charge on any atom is -0.397 e. The number of carbonyl (C=O) groups is 1. The van der Waals surface area contributed by atoms with E-state index < -0.39 is 5.91 Å². The van der Waals surface area contributed by atoms with Crippen molar-refractivity contribution in [2.24, 2.45) is 5.73 Å². The zero-order chi connectivity index (χ0) is 11.4. The standard InChI is InChI=1S/C9H14N4O2/c1-13(2-3-14)8-4-6(9(11)15)7(10)5-12-8/h4-5,14H,2-3,10H2,1H3,(H2,11,15). The van der Waals surface area contributed by atoms with Crippen LogP contribution in [0.3, 0.4) is 0 Å². The van der Waals surface area contributed by atoms with E-state index in [1.165, 1.54) is 12.3 Å². The van der Waals surface area contributed by atoms with Crippen molar-refractivity contribution in [3.05, 3.63) is 17.8 Å². The molecule has 1 aromatic heterocycles. The lowest BCUT2D eigenvalue weighted by Gasteiger charge is -2.17. The number of nitrogens with two attached hydrogens (primary N) is 2. The van der Waals surface area contributed by atoms with Gasteiger partial charge in [-0.2, -0.15) is 0 Å². The topological polar surface area (TPSA) is 105 Å². The van der Waals surface area contributed by atoms with Gasteiger partial charge in [-0.05, 0) is 6.07 Å². The molecule has 0 saturated heterocycles. The summed E-state index contributed by atoms with van der Waals surface area (Å²) in [5.74, 6) is -0.0411. The number of nitrogens with zero attached hydrogens (tertiary/aromatic N) is 2. The monoisotopic (exact) mass is 210 g/mol. The number of rotatable bonds is 4. The molecule has 0 aliphatic heterocycles. The summed E-state index contributed by atoms with van der Waals surface area (Å²) in [4.78, 5) is 16.7. The molecular weight excluding hydrogens is 196 g/mol. The number of nitrogen functional groups attached to an aromatic ring is 1. The third-order valence-electron chi connectivity index (χ3n) is 2.01. The minimum atomic E-state index is -0.589.